The summed E-state index contributed by atoms with van der Waals surface area (Å²) in [6.07, 6.45) is 3.56. The van der Waals surface area contributed by atoms with E-state index >= 15 is 0 Å². The van der Waals surface area contributed by atoms with Gasteiger partial charge in [0.15, 0.2) is 0 Å². The maximum atomic E-state index is 12.5. The quantitative estimate of drug-likeness (QED) is 0.337. The van der Waals surface area contributed by atoms with Crippen molar-refractivity contribution in [2.45, 2.75) is 19.8 Å². The fraction of sp³-hybridized carbons (Fsp3) is 0.345. The maximum Gasteiger partial charge on any atom is 0.255 e. The maximum absolute atomic E-state index is 12.5. The lowest BCUT2D eigenvalue weighted by Gasteiger charge is -2.32. The van der Waals surface area contributed by atoms with Crippen LogP contribution in [0.3, 0.4) is 0 Å². The van der Waals surface area contributed by atoms with Crippen LogP contribution in [0, 0.1) is 6.92 Å². The fourth-order valence-electron chi connectivity index (χ4n) is 4.56. The summed E-state index contributed by atoms with van der Waals surface area (Å²) in [5, 5.41) is 6.48. The first-order valence-corrected chi connectivity index (χ1v) is 13.7. The van der Waals surface area contributed by atoms with Gasteiger partial charge in [-0.15, -0.1) is 11.3 Å². The molecule has 0 radical (unpaired) electrons. The molecule has 0 spiro atoms. The highest BCUT2D eigenvalue weighted by molar-refractivity contribution is 7.19. The number of hydrogen-bond donors (Lipinski definition) is 2. The Hall–Kier alpha value is -3.33. The van der Waals surface area contributed by atoms with Crippen LogP contribution < -0.4 is 10.6 Å². The highest BCUT2D eigenvalue weighted by Crippen LogP contribution is 2.29. The highest BCUT2D eigenvalue weighted by atomic mass is 32.1. The molecular weight excluding hydrogens is 480 g/mol. The zero-order valence-corrected chi connectivity index (χ0v) is 22.4. The van der Waals surface area contributed by atoms with Gasteiger partial charge in [0, 0.05) is 55.4 Å². The normalized spacial score (nSPS) is 14.6. The summed E-state index contributed by atoms with van der Waals surface area (Å²) >= 11 is 1.80. The molecule has 5 rings (SSSR count). The average Bonchev–Trinajstić information content (AvgIpc) is 3.33. The Bertz CT molecular complexity index is 1340. The molecule has 0 aliphatic carbocycles. The number of rotatable bonds is 9. The van der Waals surface area contributed by atoms with Crippen LogP contribution in [0.4, 0.5) is 11.5 Å². The van der Waals surface area contributed by atoms with Crippen LogP contribution in [-0.4, -0.2) is 72.0 Å². The van der Waals surface area contributed by atoms with Gasteiger partial charge < -0.3 is 20.4 Å². The summed E-state index contributed by atoms with van der Waals surface area (Å²) in [5.41, 5.74) is 4.75. The van der Waals surface area contributed by atoms with Crippen LogP contribution in [0.1, 0.15) is 26.4 Å². The number of amides is 1. The van der Waals surface area contributed by atoms with Crippen molar-refractivity contribution in [2.75, 3.05) is 56.9 Å². The number of likely N-dealkylation sites (N-methyl/N-ethyl adjacent to an activating group) is 1. The fourth-order valence-corrected chi connectivity index (χ4v) is 5.63. The second kappa shape index (κ2) is 11.8. The smallest absolute Gasteiger partial charge is 0.255 e. The lowest BCUT2D eigenvalue weighted by atomic mass is 10.1. The molecule has 1 amide bonds. The molecule has 0 unspecified atom stereocenters. The molecule has 1 fully saturated rings. The Morgan fingerprint density at radius 2 is 1.81 bits per heavy atom. The first-order chi connectivity index (χ1) is 18.0. The Labute approximate surface area is 222 Å². The third-order valence-electron chi connectivity index (χ3n) is 6.83. The van der Waals surface area contributed by atoms with Gasteiger partial charge in [0.2, 0.25) is 0 Å². The van der Waals surface area contributed by atoms with E-state index in [9.17, 15) is 4.79 Å². The minimum absolute atomic E-state index is 0.0928. The molecule has 4 aromatic rings. The van der Waals surface area contributed by atoms with Crippen LogP contribution in [0.25, 0.3) is 10.2 Å². The first-order valence-electron chi connectivity index (χ1n) is 12.9. The molecule has 7 nitrogen and oxygen atoms in total. The van der Waals surface area contributed by atoms with Gasteiger partial charge in [-0.2, -0.15) is 0 Å². The predicted molar refractivity (Wildman–Crippen MR) is 153 cm³/mol. The summed E-state index contributed by atoms with van der Waals surface area (Å²) in [6, 6.07) is 17.9. The van der Waals surface area contributed by atoms with Crippen molar-refractivity contribution in [1.82, 2.24) is 19.8 Å². The number of aryl methyl sites for hydroxylation is 1. The van der Waals surface area contributed by atoms with Gasteiger partial charge in [-0.05, 0) is 62.7 Å². The molecule has 0 saturated carbocycles. The Morgan fingerprint density at radius 1 is 1.00 bits per heavy atom. The Kier molecular flexibility index (Phi) is 8.08. The molecule has 192 valence electrons. The Balaban J connectivity index is 1.13. The summed E-state index contributed by atoms with van der Waals surface area (Å²) in [4.78, 5) is 27.8. The molecule has 2 aromatic carbocycles. The Morgan fingerprint density at radius 3 is 2.59 bits per heavy atom. The van der Waals surface area contributed by atoms with Crippen LogP contribution in [-0.2, 0) is 12.8 Å². The molecule has 0 atom stereocenters. The van der Waals surface area contributed by atoms with E-state index in [0.717, 1.165) is 79.4 Å². The lowest BCUT2D eigenvalue weighted by Crippen LogP contribution is -2.45. The zero-order chi connectivity index (χ0) is 25.6. The van der Waals surface area contributed by atoms with Gasteiger partial charge in [0.25, 0.3) is 5.91 Å². The average molecular weight is 515 g/mol. The van der Waals surface area contributed by atoms with Crippen molar-refractivity contribution in [1.29, 1.82) is 0 Å². The molecule has 1 saturated heterocycles. The van der Waals surface area contributed by atoms with Crippen LogP contribution >= 0.6 is 11.3 Å². The number of piperazine rings is 1. The monoisotopic (exact) mass is 514 g/mol. The zero-order valence-electron chi connectivity index (χ0n) is 21.5. The van der Waals surface area contributed by atoms with Gasteiger partial charge in [-0.3, -0.25) is 4.79 Å². The molecule has 37 heavy (non-hydrogen) atoms. The van der Waals surface area contributed by atoms with Gasteiger partial charge in [-0.1, -0.05) is 29.8 Å². The van der Waals surface area contributed by atoms with E-state index in [2.05, 4.69) is 55.6 Å². The van der Waals surface area contributed by atoms with E-state index in [0.29, 0.717) is 5.56 Å². The number of carbonyl (C=O) groups excluding carboxylic acids is 1. The summed E-state index contributed by atoms with van der Waals surface area (Å²) < 4.78 is 1.13. The number of fused-ring (bicyclic) bond motifs is 1. The molecule has 3 heterocycles. The molecule has 8 heteroatoms. The molecular formula is C29H34N6OS. The minimum atomic E-state index is -0.0928. The van der Waals surface area contributed by atoms with Crippen LogP contribution in [0.5, 0.6) is 0 Å². The number of benzene rings is 2. The number of thiophene rings is 1. The lowest BCUT2D eigenvalue weighted by molar-refractivity contribution is 0.102. The van der Waals surface area contributed by atoms with Crippen molar-refractivity contribution in [2.24, 2.45) is 0 Å². The van der Waals surface area contributed by atoms with Gasteiger partial charge >= 0.3 is 0 Å². The van der Waals surface area contributed by atoms with E-state index in [1.54, 1.807) is 17.7 Å². The van der Waals surface area contributed by atoms with E-state index in [-0.39, 0.29) is 5.91 Å². The summed E-state index contributed by atoms with van der Waals surface area (Å²) in [5.74, 6) is 0.813. The number of anilines is 2. The van der Waals surface area contributed by atoms with E-state index in [1.165, 1.54) is 10.4 Å². The number of carbonyl (C=O) groups is 1. The van der Waals surface area contributed by atoms with Crippen molar-refractivity contribution >= 4 is 39.0 Å². The molecule has 0 bridgehead atoms. The third-order valence-corrected chi connectivity index (χ3v) is 8.02. The van der Waals surface area contributed by atoms with Gasteiger partial charge in [-0.25, -0.2) is 9.97 Å². The molecule has 1 aliphatic heterocycles. The second-order valence-corrected chi connectivity index (χ2v) is 10.9. The van der Waals surface area contributed by atoms with E-state index in [1.807, 2.05) is 43.3 Å². The third kappa shape index (κ3) is 6.71. The largest absolute Gasteiger partial charge is 0.368 e. The van der Waals surface area contributed by atoms with Crippen molar-refractivity contribution < 1.29 is 4.79 Å². The molecule has 2 N–H and O–H groups in total. The number of aromatic nitrogens is 2. The predicted octanol–water partition coefficient (Wildman–Crippen LogP) is 4.70. The highest BCUT2D eigenvalue weighted by Gasteiger charge is 2.15. The second-order valence-electron chi connectivity index (χ2n) is 9.74. The van der Waals surface area contributed by atoms with E-state index in [4.69, 9.17) is 0 Å². The number of hydrogen-bond acceptors (Lipinski definition) is 7. The molecule has 2 aromatic heterocycles. The number of nitrogens with zero attached hydrogens (tertiary/aromatic N) is 4. The number of nitrogens with one attached hydrogen (secondary N) is 2. The van der Waals surface area contributed by atoms with Gasteiger partial charge in [0.1, 0.15) is 12.1 Å². The SMILES string of the molecule is Cc1cccc(C(=O)Nc2ccc(CCNc3ncnc4cc(CCN5CCN(C)CC5)sc34)cc2)c1. The summed E-state index contributed by atoms with van der Waals surface area (Å²) in [6.45, 7) is 8.45. The first kappa shape index (κ1) is 25.3. The van der Waals surface area contributed by atoms with Crippen molar-refractivity contribution in [3.63, 3.8) is 0 Å². The topological polar surface area (TPSA) is 73.4 Å². The van der Waals surface area contributed by atoms with Crippen LogP contribution in [0.15, 0.2) is 60.9 Å². The van der Waals surface area contributed by atoms with Gasteiger partial charge in [0.05, 0.1) is 10.2 Å². The van der Waals surface area contributed by atoms with Crippen LogP contribution in [0.2, 0.25) is 0 Å². The van der Waals surface area contributed by atoms with Crippen molar-refractivity contribution in [3.8, 4) is 0 Å². The minimum Gasteiger partial charge on any atom is -0.368 e. The molecule has 1 aliphatic rings. The van der Waals surface area contributed by atoms with Crippen molar-refractivity contribution in [3.05, 3.63) is 82.5 Å². The standard InChI is InChI=1S/C29H34N6OS/c1-21-4-3-5-23(18-21)29(36)33-24-8-6-22(7-9-24)10-12-30-28-27-26(31-20-32-28)19-25(37-27)11-13-35-16-14-34(2)15-17-35/h3-9,18-20H,10-17H2,1-2H3,(H,33,36)(H,30,31,32). The summed E-state index contributed by atoms with van der Waals surface area (Å²) in [7, 11) is 2.19. The van der Waals surface area contributed by atoms with E-state index < -0.39 is 0 Å².